The molecule has 7 amide bonds. The van der Waals surface area contributed by atoms with Gasteiger partial charge in [0.05, 0.1) is 115 Å². The summed E-state index contributed by atoms with van der Waals surface area (Å²) in [5.74, 6) is -0.775. The molecule has 0 spiro atoms. The topological polar surface area (TPSA) is 293 Å². The first-order valence-corrected chi connectivity index (χ1v) is 36.3. The normalized spacial score (nSPS) is 18.6. The van der Waals surface area contributed by atoms with E-state index in [1.807, 2.05) is 44.4 Å². The van der Waals surface area contributed by atoms with Crippen molar-refractivity contribution < 1.29 is 81.3 Å². The van der Waals surface area contributed by atoms with Gasteiger partial charge in [0.25, 0.3) is 11.8 Å². The zero-order chi connectivity index (χ0) is 72.8. The average molecular weight is 1420 g/mol. The summed E-state index contributed by atoms with van der Waals surface area (Å²) in [6, 6.07) is 9.69. The minimum absolute atomic E-state index is 0.000222. The summed E-state index contributed by atoms with van der Waals surface area (Å²) in [7, 11) is 2.92. The Kier molecular flexibility index (Phi) is 32.2. The van der Waals surface area contributed by atoms with Crippen molar-refractivity contribution >= 4 is 64.8 Å². The van der Waals surface area contributed by atoms with Crippen LogP contribution < -0.4 is 45.1 Å². The lowest BCUT2D eigenvalue weighted by Crippen LogP contribution is -2.53. The van der Waals surface area contributed by atoms with E-state index in [1.54, 1.807) is 67.6 Å². The number of amides is 7. The number of carbonyl (C=O) groups excluding carboxylic acids is 7. The maximum atomic E-state index is 14.4. The molecule has 5 aliphatic rings. The van der Waals surface area contributed by atoms with Crippen LogP contribution in [0.25, 0.3) is 0 Å². The number of ether oxygens (including phenoxy) is 9. The maximum absolute atomic E-state index is 14.4. The third kappa shape index (κ3) is 23.5. The standard InChI is InChI=1S/C77H106N8O17/c1-8-21-56-41-59-48-79-62-46-67(65(94-6)44-60(62)74(90)83(59)49-56)100-31-20-32-101-68-47-63-61(45-66(68)95-7)75(91)84-50-57(22-9-2)42-64(84)76(92)85(63)77(93)102-51-55-25-27-58(28-26-55)81-72(88)53(5)80-73(89)71(52(3)4)82-69(86)29-33-96-35-37-98-39-40-99-38-36-97-34-30-78-70(87)43-54-23-18-16-14-12-10-11-13-15-17-19-24-54/h8-9,21-22,25-28,44-50,52-54,59,64,71,76,92H,10-20,23-24,29-43,51H2,1-7H3,(H,78,87)(H,80,89)(H,81,88)(H,82,86)/b21-8+,22-9+/t53-,59?,64-,71-,76-/m0/s1. The Balaban J connectivity index is 0.734. The van der Waals surface area contributed by atoms with Crippen LogP contribution >= 0.6 is 0 Å². The summed E-state index contributed by atoms with van der Waals surface area (Å²) >= 11 is 0. The summed E-state index contributed by atoms with van der Waals surface area (Å²) < 4.78 is 52.1. The van der Waals surface area contributed by atoms with E-state index >= 15 is 0 Å². The van der Waals surface area contributed by atoms with Gasteiger partial charge in [-0.3, -0.25) is 33.8 Å². The second-order valence-corrected chi connectivity index (χ2v) is 26.5. The summed E-state index contributed by atoms with van der Waals surface area (Å²) in [5, 5.41) is 23.4. The minimum Gasteiger partial charge on any atom is -0.493 e. The van der Waals surface area contributed by atoms with Crippen LogP contribution in [-0.2, 0) is 49.5 Å². The van der Waals surface area contributed by atoms with Crippen molar-refractivity contribution in [2.45, 2.75) is 181 Å². The molecular formula is C77H106N8O17. The smallest absolute Gasteiger partial charge is 0.416 e. The highest BCUT2D eigenvalue weighted by Crippen LogP contribution is 2.43. The zero-order valence-corrected chi connectivity index (χ0v) is 60.5. The van der Waals surface area contributed by atoms with E-state index in [9.17, 15) is 38.7 Å². The van der Waals surface area contributed by atoms with Crippen LogP contribution in [0.1, 0.15) is 170 Å². The Morgan fingerprint density at radius 2 is 1.19 bits per heavy atom. The van der Waals surface area contributed by atoms with Gasteiger partial charge in [0.15, 0.2) is 29.2 Å². The molecule has 5 N–H and O–H groups in total. The second kappa shape index (κ2) is 41.5. The Labute approximate surface area is 600 Å². The molecular weight excluding hydrogens is 1310 g/mol. The first-order valence-electron chi connectivity index (χ1n) is 36.3. The number of benzene rings is 3. The lowest BCUT2D eigenvalue weighted by Gasteiger charge is -2.31. The fraction of sp³-hybridized carbons (Fsp3) is 0.558. The molecule has 1 fully saturated rings. The van der Waals surface area contributed by atoms with Crippen molar-refractivity contribution in [2.75, 3.05) is 97.0 Å². The van der Waals surface area contributed by atoms with Gasteiger partial charge in [-0.05, 0) is 99.3 Å². The highest BCUT2D eigenvalue weighted by atomic mass is 16.6. The largest absolute Gasteiger partial charge is 0.493 e. The van der Waals surface area contributed by atoms with Crippen LogP contribution in [-0.4, -0.2) is 180 Å². The number of hydrogen-bond acceptors (Lipinski definition) is 18. The van der Waals surface area contributed by atoms with E-state index in [0.29, 0.717) is 105 Å². The Hall–Kier alpha value is -8.62. The molecule has 25 heteroatoms. The molecule has 556 valence electrons. The molecule has 4 aliphatic heterocycles. The molecule has 25 nitrogen and oxygen atoms in total. The highest BCUT2D eigenvalue weighted by molar-refractivity contribution is 6.07. The number of aliphatic hydroxyl groups excluding tert-OH is 1. The van der Waals surface area contributed by atoms with E-state index in [0.717, 1.165) is 28.9 Å². The fourth-order valence-corrected chi connectivity index (χ4v) is 12.9. The van der Waals surface area contributed by atoms with E-state index in [4.69, 9.17) is 42.6 Å². The van der Waals surface area contributed by atoms with Gasteiger partial charge in [0.1, 0.15) is 18.7 Å². The molecule has 3 aromatic carbocycles. The monoisotopic (exact) mass is 1410 g/mol. The molecule has 1 saturated carbocycles. The third-order valence-corrected chi connectivity index (χ3v) is 18.4. The van der Waals surface area contributed by atoms with Crippen molar-refractivity contribution in [1.82, 2.24) is 25.8 Å². The highest BCUT2D eigenvalue weighted by Gasteiger charge is 2.46. The molecule has 102 heavy (non-hydrogen) atoms. The van der Waals surface area contributed by atoms with Crippen molar-refractivity contribution in [3.8, 4) is 23.0 Å². The summed E-state index contributed by atoms with van der Waals surface area (Å²) in [4.78, 5) is 104. The lowest BCUT2D eigenvalue weighted by atomic mass is 9.91. The number of carbonyl (C=O) groups is 7. The van der Waals surface area contributed by atoms with Gasteiger partial charge >= 0.3 is 6.09 Å². The SMILES string of the molecule is C/C=C/C1=CN2C(=O)c3cc(OC)c(OCCCOc4cc5c(cc4OC)C(=O)N4C=C(/C=C/C)C[C@H]4[C@H](O)N5C(=O)OCc4ccc(NC(=O)[C@H](C)NC(=O)[C@@H](NC(=O)CCOCCOCCOCCOCCNC(=O)CC5CCCCCCCCCCCC5)C(C)C)cc4)cc3N=CC2C1. The molecule has 4 heterocycles. The maximum Gasteiger partial charge on any atom is 0.416 e. The number of hydrogen-bond donors (Lipinski definition) is 5. The number of methoxy groups -OCH3 is 2. The summed E-state index contributed by atoms with van der Waals surface area (Å²) in [6.07, 6.45) is 27.4. The quantitative estimate of drug-likeness (QED) is 0.0342. The molecule has 0 bridgehead atoms. The van der Waals surface area contributed by atoms with E-state index in [2.05, 4.69) is 26.3 Å². The first-order chi connectivity index (χ1) is 49.5. The molecule has 5 atom stereocenters. The Bertz CT molecular complexity index is 3430. The van der Waals surface area contributed by atoms with Crippen molar-refractivity contribution in [2.24, 2.45) is 16.8 Å². The number of rotatable bonds is 35. The number of aliphatic imine (C=N–C) groups is 1. The van der Waals surface area contributed by atoms with Crippen LogP contribution in [0, 0.1) is 11.8 Å². The molecule has 0 radical (unpaired) electrons. The lowest BCUT2D eigenvalue weighted by molar-refractivity contribution is -0.132. The fourth-order valence-electron chi connectivity index (χ4n) is 12.9. The number of nitrogens with zero attached hydrogens (tertiary/aromatic N) is 4. The molecule has 8 rings (SSSR count). The third-order valence-electron chi connectivity index (χ3n) is 18.4. The number of allylic oxidation sites excluding steroid dienone is 4. The van der Waals surface area contributed by atoms with Gasteiger partial charge in [0.2, 0.25) is 23.6 Å². The molecule has 0 saturated heterocycles. The Morgan fingerprint density at radius 3 is 1.79 bits per heavy atom. The predicted octanol–water partition coefficient (Wildman–Crippen LogP) is 10.9. The number of aliphatic hydroxyl groups is 1. The van der Waals surface area contributed by atoms with Gasteiger partial charge in [-0.2, -0.15) is 0 Å². The van der Waals surface area contributed by atoms with Gasteiger partial charge in [-0.25, -0.2) is 9.69 Å². The van der Waals surface area contributed by atoms with Gasteiger partial charge < -0.3 is 78.8 Å². The number of anilines is 2. The van der Waals surface area contributed by atoms with Gasteiger partial charge in [-0.1, -0.05) is 114 Å². The zero-order valence-electron chi connectivity index (χ0n) is 60.5. The molecule has 3 aromatic rings. The van der Waals surface area contributed by atoms with Crippen LogP contribution in [0.3, 0.4) is 0 Å². The van der Waals surface area contributed by atoms with Crippen LogP contribution in [0.2, 0.25) is 0 Å². The average Bonchev–Trinajstić information content (AvgIpc) is 1.59. The minimum atomic E-state index is -1.58. The van der Waals surface area contributed by atoms with E-state index < -0.39 is 54.1 Å². The van der Waals surface area contributed by atoms with Gasteiger partial charge in [0, 0.05) is 62.2 Å². The predicted molar refractivity (Wildman–Crippen MR) is 387 cm³/mol. The molecule has 0 aromatic heterocycles. The van der Waals surface area contributed by atoms with Crippen molar-refractivity contribution in [1.29, 1.82) is 0 Å². The van der Waals surface area contributed by atoms with Crippen LogP contribution in [0.15, 0.2) is 101 Å². The van der Waals surface area contributed by atoms with Crippen molar-refractivity contribution in [3.05, 3.63) is 113 Å². The molecule has 1 unspecified atom stereocenters. The second-order valence-electron chi connectivity index (χ2n) is 26.5. The summed E-state index contributed by atoms with van der Waals surface area (Å²) in [6.45, 7) is 11.9. The number of fused-ring (bicyclic) bond motifs is 4. The van der Waals surface area contributed by atoms with E-state index in [-0.39, 0.29) is 92.4 Å². The molecule has 1 aliphatic carbocycles. The van der Waals surface area contributed by atoms with Crippen LogP contribution in [0.4, 0.5) is 21.9 Å². The Morgan fingerprint density at radius 1 is 0.627 bits per heavy atom. The van der Waals surface area contributed by atoms with E-state index in [1.165, 1.54) is 102 Å². The number of nitrogens with one attached hydrogen (secondary N) is 4. The first kappa shape index (κ1) is 79.1. The van der Waals surface area contributed by atoms with Crippen molar-refractivity contribution in [3.63, 3.8) is 0 Å². The van der Waals surface area contributed by atoms with Crippen LogP contribution in [0.5, 0.6) is 23.0 Å². The van der Waals surface area contributed by atoms with Gasteiger partial charge in [-0.15, -0.1) is 0 Å². The summed E-state index contributed by atoms with van der Waals surface area (Å²) in [5.41, 5.74) is 3.61.